The molecule has 3 rings (SSSR count). The minimum Gasteiger partial charge on any atom is -0.383 e. The molecule has 6 nitrogen and oxygen atoms in total. The van der Waals surface area contributed by atoms with Gasteiger partial charge in [0.2, 0.25) is 10.0 Å². The van der Waals surface area contributed by atoms with Gasteiger partial charge in [-0.3, -0.25) is 9.10 Å². The van der Waals surface area contributed by atoms with Gasteiger partial charge in [-0.05, 0) is 47.3 Å². The van der Waals surface area contributed by atoms with Gasteiger partial charge in [0.05, 0.1) is 30.0 Å². The standard InChI is InChI=1S/C20H21ClN2O4S2/c1-27-10-9-22-20(24)19-12-15-11-17(7-8-18(15)28-19)23(29(2,25)26)13-14-3-5-16(21)6-4-14/h3-8,11-12H,9-10,13H2,1-2H3,(H,22,24). The number of hydrogen-bond acceptors (Lipinski definition) is 5. The average molecular weight is 453 g/mol. The number of anilines is 1. The summed E-state index contributed by atoms with van der Waals surface area (Å²) in [5, 5.41) is 4.20. The van der Waals surface area contributed by atoms with Crippen LogP contribution < -0.4 is 9.62 Å². The van der Waals surface area contributed by atoms with Crippen LogP contribution in [0.15, 0.2) is 48.5 Å². The molecule has 0 atom stereocenters. The number of thiophene rings is 1. The molecular weight excluding hydrogens is 432 g/mol. The van der Waals surface area contributed by atoms with Crippen molar-refractivity contribution in [3.05, 3.63) is 64.0 Å². The van der Waals surface area contributed by atoms with Crippen molar-refractivity contribution in [1.29, 1.82) is 0 Å². The van der Waals surface area contributed by atoms with E-state index in [0.717, 1.165) is 15.6 Å². The van der Waals surface area contributed by atoms with Crippen LogP contribution in [0, 0.1) is 0 Å². The number of nitrogens with one attached hydrogen (secondary N) is 1. The maximum absolute atomic E-state index is 12.4. The number of rotatable bonds is 8. The number of sulfonamides is 1. The van der Waals surface area contributed by atoms with Gasteiger partial charge >= 0.3 is 0 Å². The summed E-state index contributed by atoms with van der Waals surface area (Å²) in [6.07, 6.45) is 1.18. The van der Waals surface area contributed by atoms with E-state index in [9.17, 15) is 13.2 Å². The zero-order chi connectivity index (χ0) is 21.0. The Kier molecular flexibility index (Phi) is 6.79. The van der Waals surface area contributed by atoms with Gasteiger partial charge in [0.1, 0.15) is 0 Å². The van der Waals surface area contributed by atoms with Crippen molar-refractivity contribution < 1.29 is 17.9 Å². The summed E-state index contributed by atoms with van der Waals surface area (Å²) in [6.45, 7) is 1.06. The van der Waals surface area contributed by atoms with Crippen LogP contribution in [0.1, 0.15) is 15.2 Å². The van der Waals surface area contributed by atoms with Crippen molar-refractivity contribution >= 4 is 54.6 Å². The van der Waals surface area contributed by atoms with Crippen molar-refractivity contribution in [3.8, 4) is 0 Å². The lowest BCUT2D eigenvalue weighted by atomic mass is 10.2. The Labute approximate surface area is 179 Å². The van der Waals surface area contributed by atoms with Crippen molar-refractivity contribution in [2.75, 3.05) is 30.8 Å². The molecule has 0 aliphatic heterocycles. The van der Waals surface area contributed by atoms with Crippen LogP contribution in [0.25, 0.3) is 10.1 Å². The predicted octanol–water partition coefficient (Wildman–Crippen LogP) is 3.90. The molecule has 0 aliphatic rings. The highest BCUT2D eigenvalue weighted by Gasteiger charge is 2.19. The van der Waals surface area contributed by atoms with Crippen LogP contribution >= 0.6 is 22.9 Å². The van der Waals surface area contributed by atoms with Gasteiger partial charge in [-0.25, -0.2) is 8.42 Å². The molecule has 29 heavy (non-hydrogen) atoms. The van der Waals surface area contributed by atoms with Crippen LogP contribution in [0.2, 0.25) is 5.02 Å². The third kappa shape index (κ3) is 5.48. The number of hydrogen-bond donors (Lipinski definition) is 1. The normalized spacial score (nSPS) is 11.6. The second-order valence-corrected chi connectivity index (χ2v) is 9.90. The van der Waals surface area contributed by atoms with E-state index in [-0.39, 0.29) is 12.5 Å². The Balaban J connectivity index is 1.89. The fourth-order valence-electron chi connectivity index (χ4n) is 2.81. The number of nitrogens with zero attached hydrogens (tertiary/aromatic N) is 1. The molecule has 0 saturated heterocycles. The predicted molar refractivity (Wildman–Crippen MR) is 119 cm³/mol. The van der Waals surface area contributed by atoms with Crippen molar-refractivity contribution in [3.63, 3.8) is 0 Å². The average Bonchev–Trinajstić information content (AvgIpc) is 3.10. The molecule has 0 fully saturated rings. The van der Waals surface area contributed by atoms with Gasteiger partial charge < -0.3 is 10.1 Å². The van der Waals surface area contributed by atoms with Gasteiger partial charge in [0.25, 0.3) is 5.91 Å². The Morgan fingerprint density at radius 1 is 1.17 bits per heavy atom. The number of methoxy groups -OCH3 is 1. The highest BCUT2D eigenvalue weighted by molar-refractivity contribution is 7.92. The van der Waals surface area contributed by atoms with Crippen LogP contribution in [0.4, 0.5) is 5.69 Å². The zero-order valence-electron chi connectivity index (χ0n) is 16.0. The fraction of sp³-hybridized carbons (Fsp3) is 0.250. The summed E-state index contributed by atoms with van der Waals surface area (Å²) >= 11 is 7.28. The first kappa shape index (κ1) is 21.6. The molecule has 0 radical (unpaired) electrons. The summed E-state index contributed by atoms with van der Waals surface area (Å²) in [5.41, 5.74) is 1.36. The molecule has 0 saturated carbocycles. The van der Waals surface area contributed by atoms with Gasteiger partial charge in [-0.15, -0.1) is 11.3 Å². The minimum atomic E-state index is -3.51. The quantitative estimate of drug-likeness (QED) is 0.526. The van der Waals surface area contributed by atoms with Crippen LogP contribution in [0.3, 0.4) is 0 Å². The van der Waals surface area contributed by atoms with E-state index in [1.807, 2.05) is 6.07 Å². The topological polar surface area (TPSA) is 75.7 Å². The molecule has 0 unspecified atom stereocenters. The largest absolute Gasteiger partial charge is 0.383 e. The summed E-state index contributed by atoms with van der Waals surface area (Å²) in [4.78, 5) is 12.8. The number of fused-ring (bicyclic) bond motifs is 1. The summed E-state index contributed by atoms with van der Waals surface area (Å²) in [5.74, 6) is -0.175. The molecule has 0 aliphatic carbocycles. The van der Waals surface area contributed by atoms with Gasteiger partial charge in [-0.1, -0.05) is 23.7 Å². The first-order valence-electron chi connectivity index (χ1n) is 8.81. The first-order valence-corrected chi connectivity index (χ1v) is 11.8. The number of carbonyl (C=O) groups excluding carboxylic acids is 1. The molecule has 0 spiro atoms. The molecule has 1 aromatic heterocycles. The second-order valence-electron chi connectivity index (χ2n) is 6.48. The lowest BCUT2D eigenvalue weighted by molar-refractivity contribution is 0.0941. The molecule has 3 aromatic rings. The fourth-order valence-corrected chi connectivity index (χ4v) is 4.77. The zero-order valence-corrected chi connectivity index (χ0v) is 18.4. The molecule has 2 aromatic carbocycles. The highest BCUT2D eigenvalue weighted by atomic mass is 35.5. The lowest BCUT2D eigenvalue weighted by Gasteiger charge is -2.22. The van der Waals surface area contributed by atoms with E-state index in [1.165, 1.54) is 21.9 Å². The minimum absolute atomic E-state index is 0.175. The van der Waals surface area contributed by atoms with Crippen molar-refractivity contribution in [2.24, 2.45) is 0 Å². The number of benzene rings is 2. The van der Waals surface area contributed by atoms with E-state index < -0.39 is 10.0 Å². The molecule has 1 amide bonds. The summed E-state index contributed by atoms with van der Waals surface area (Å²) in [6, 6.07) is 14.2. The Hall–Kier alpha value is -2.13. The van der Waals surface area contributed by atoms with Crippen molar-refractivity contribution in [1.82, 2.24) is 5.32 Å². The van der Waals surface area contributed by atoms with Gasteiger partial charge in [0, 0.05) is 23.4 Å². The van der Waals surface area contributed by atoms with E-state index in [4.69, 9.17) is 16.3 Å². The van der Waals surface area contributed by atoms with Crippen LogP contribution in [-0.4, -0.2) is 40.8 Å². The highest BCUT2D eigenvalue weighted by Crippen LogP contribution is 2.31. The Morgan fingerprint density at radius 3 is 2.55 bits per heavy atom. The van der Waals surface area contributed by atoms with Gasteiger partial charge in [0.15, 0.2) is 0 Å². The smallest absolute Gasteiger partial charge is 0.261 e. The lowest BCUT2D eigenvalue weighted by Crippen LogP contribution is -2.29. The SMILES string of the molecule is COCCNC(=O)c1cc2cc(N(Cc3ccc(Cl)cc3)S(C)(=O)=O)ccc2s1. The molecule has 1 N–H and O–H groups in total. The van der Waals surface area contributed by atoms with E-state index >= 15 is 0 Å². The van der Waals surface area contributed by atoms with Gasteiger partial charge in [-0.2, -0.15) is 0 Å². The third-order valence-electron chi connectivity index (χ3n) is 4.24. The van der Waals surface area contributed by atoms with E-state index in [0.29, 0.717) is 28.7 Å². The Bertz CT molecular complexity index is 1110. The number of ether oxygens (including phenoxy) is 1. The monoisotopic (exact) mass is 452 g/mol. The number of halogens is 1. The maximum Gasteiger partial charge on any atom is 0.261 e. The van der Waals surface area contributed by atoms with Crippen molar-refractivity contribution in [2.45, 2.75) is 6.54 Å². The second kappa shape index (κ2) is 9.13. The molecule has 154 valence electrons. The Morgan fingerprint density at radius 2 is 1.90 bits per heavy atom. The molecule has 9 heteroatoms. The van der Waals surface area contributed by atoms with E-state index in [2.05, 4.69) is 5.32 Å². The first-order chi connectivity index (χ1) is 13.8. The number of amides is 1. The molecule has 0 bridgehead atoms. The third-order valence-corrected chi connectivity index (χ3v) is 6.75. The van der Waals surface area contributed by atoms with Crippen LogP contribution in [0.5, 0.6) is 0 Å². The molecule has 1 heterocycles. The molecular formula is C20H21ClN2O4S2. The number of carbonyl (C=O) groups is 1. The van der Waals surface area contributed by atoms with E-state index in [1.54, 1.807) is 49.6 Å². The maximum atomic E-state index is 12.4. The van der Waals surface area contributed by atoms with Crippen LogP contribution in [-0.2, 0) is 21.3 Å². The summed E-state index contributed by atoms with van der Waals surface area (Å²) in [7, 11) is -1.93. The summed E-state index contributed by atoms with van der Waals surface area (Å²) < 4.78 is 32.0.